The molecule has 0 radical (unpaired) electrons. The quantitative estimate of drug-likeness (QED) is 0.128. The molecule has 0 saturated heterocycles. The van der Waals surface area contributed by atoms with E-state index in [1.807, 2.05) is 36.4 Å². The van der Waals surface area contributed by atoms with E-state index in [0.29, 0.717) is 17.3 Å². The van der Waals surface area contributed by atoms with Crippen molar-refractivity contribution in [2.75, 3.05) is 24.6 Å². The number of rotatable bonds is 9. The highest BCUT2D eigenvalue weighted by molar-refractivity contribution is 7.29. The largest absolute Gasteiger partial charge is 0.494 e. The summed E-state index contributed by atoms with van der Waals surface area (Å²) in [6.07, 6.45) is 5.10. The lowest BCUT2D eigenvalue weighted by Crippen LogP contribution is -2.18. The first-order chi connectivity index (χ1) is 17.7. The summed E-state index contributed by atoms with van der Waals surface area (Å²) in [4.78, 5) is 8.92. The van der Waals surface area contributed by atoms with E-state index in [4.69, 9.17) is 4.74 Å². The second-order valence-electron chi connectivity index (χ2n) is 8.55. The molecule has 3 heterocycles. The molecule has 0 aliphatic carbocycles. The van der Waals surface area contributed by atoms with Gasteiger partial charge in [-0.3, -0.25) is 0 Å². The number of fused-ring (bicyclic) bond motifs is 2. The molecule has 0 fully saturated rings. The fraction of sp³-hybridized carbons (Fsp3) is 0.286. The van der Waals surface area contributed by atoms with Crippen LogP contribution in [0.3, 0.4) is 0 Å². The number of anilines is 1. The number of allylic oxidation sites excluding steroid dienone is 1. The molecule has 1 aliphatic rings. The summed E-state index contributed by atoms with van der Waals surface area (Å²) in [5, 5.41) is 19.2. The van der Waals surface area contributed by atoms with E-state index in [9.17, 15) is 5.26 Å². The number of thiazole rings is 1. The zero-order valence-electron chi connectivity index (χ0n) is 20.4. The molecule has 0 atom stereocenters. The van der Waals surface area contributed by atoms with Crippen molar-refractivity contribution in [3.63, 3.8) is 0 Å². The molecule has 4 aromatic rings. The number of aromatic nitrogens is 1. The van der Waals surface area contributed by atoms with Crippen molar-refractivity contribution < 1.29 is 4.74 Å². The minimum Gasteiger partial charge on any atom is -0.494 e. The maximum Gasteiger partial charge on any atom is 0.231 e. The molecule has 1 aliphatic heterocycles. The Morgan fingerprint density at radius 2 is 2.00 bits per heavy atom. The van der Waals surface area contributed by atoms with Crippen LogP contribution >= 0.6 is 22.7 Å². The standard InChI is InChI=1S/C28H27N5OS2/c1-3-5-14-34-23-9-6-19(7-10-23)21(18-29)16-24-17-26-27(35-24)30-28(36-26)32-31-22-8-11-25-20(15-22)12-13-33(25)4-2/h6-11,15-17H,3-5,12-14H2,1-2H3/b21-16+,32-31?. The first-order valence-electron chi connectivity index (χ1n) is 12.2. The Labute approximate surface area is 219 Å². The molecule has 0 spiro atoms. The fourth-order valence-electron chi connectivity index (χ4n) is 4.19. The Balaban J connectivity index is 1.28. The Hall–Kier alpha value is -3.54. The normalized spacial score (nSPS) is 13.5. The molecule has 6 nitrogen and oxygen atoms in total. The second kappa shape index (κ2) is 11.0. The van der Waals surface area contributed by atoms with Crippen molar-refractivity contribution in [1.29, 1.82) is 5.26 Å². The van der Waals surface area contributed by atoms with Crippen LogP contribution in [0.1, 0.15) is 42.7 Å². The highest BCUT2D eigenvalue weighted by Gasteiger charge is 2.17. The topological polar surface area (TPSA) is 73.9 Å². The van der Waals surface area contributed by atoms with Crippen LogP contribution in [0.5, 0.6) is 5.75 Å². The van der Waals surface area contributed by atoms with Crippen LogP contribution in [0, 0.1) is 11.3 Å². The number of hydrogen-bond acceptors (Lipinski definition) is 8. The molecule has 2 aromatic carbocycles. The predicted octanol–water partition coefficient (Wildman–Crippen LogP) is 8.40. The molecule has 0 N–H and O–H groups in total. The number of azo groups is 1. The van der Waals surface area contributed by atoms with Crippen LogP contribution in [-0.2, 0) is 6.42 Å². The molecule has 36 heavy (non-hydrogen) atoms. The number of nitrogens with zero attached hydrogens (tertiary/aromatic N) is 5. The van der Waals surface area contributed by atoms with E-state index in [0.717, 1.165) is 63.8 Å². The number of unbranched alkanes of at least 4 members (excludes halogenated alkanes) is 1. The molecule has 8 heteroatoms. The Bertz CT molecular complexity index is 1430. The van der Waals surface area contributed by atoms with Gasteiger partial charge in [-0.05, 0) is 85.5 Å². The van der Waals surface area contributed by atoms with Crippen molar-refractivity contribution in [3.8, 4) is 11.8 Å². The first-order valence-corrected chi connectivity index (χ1v) is 13.8. The highest BCUT2D eigenvalue weighted by atomic mass is 32.1. The molecule has 0 amide bonds. The maximum atomic E-state index is 9.73. The molecule has 0 bridgehead atoms. The molecule has 182 valence electrons. The van der Waals surface area contributed by atoms with Gasteiger partial charge in [0.25, 0.3) is 0 Å². The van der Waals surface area contributed by atoms with Gasteiger partial charge in [0.2, 0.25) is 5.13 Å². The van der Waals surface area contributed by atoms with Crippen LogP contribution in [0.4, 0.5) is 16.5 Å². The average Bonchev–Trinajstić information content (AvgIpc) is 3.59. The van der Waals surface area contributed by atoms with Gasteiger partial charge in [-0.2, -0.15) is 5.26 Å². The third-order valence-electron chi connectivity index (χ3n) is 6.12. The van der Waals surface area contributed by atoms with Crippen LogP contribution in [0.25, 0.3) is 21.2 Å². The summed E-state index contributed by atoms with van der Waals surface area (Å²) >= 11 is 3.06. The van der Waals surface area contributed by atoms with E-state index < -0.39 is 0 Å². The summed E-state index contributed by atoms with van der Waals surface area (Å²) in [7, 11) is 0. The number of thiophene rings is 1. The molecule has 0 saturated carbocycles. The van der Waals surface area contributed by atoms with Crippen molar-refractivity contribution in [3.05, 3.63) is 64.5 Å². The minimum absolute atomic E-state index is 0.613. The van der Waals surface area contributed by atoms with Gasteiger partial charge in [0.05, 0.1) is 28.6 Å². The summed E-state index contributed by atoms with van der Waals surface area (Å²) in [6, 6.07) is 18.4. The number of likely N-dealkylation sites (N-methyl/N-ethyl adjacent to an activating group) is 1. The van der Waals surface area contributed by atoms with Gasteiger partial charge in [0.1, 0.15) is 10.6 Å². The third-order valence-corrected chi connectivity index (χ3v) is 8.12. The zero-order valence-corrected chi connectivity index (χ0v) is 22.0. The number of ether oxygens (including phenoxy) is 1. The van der Waals surface area contributed by atoms with Crippen molar-refractivity contribution in [2.24, 2.45) is 10.2 Å². The van der Waals surface area contributed by atoms with E-state index in [2.05, 4.69) is 58.2 Å². The summed E-state index contributed by atoms with van der Waals surface area (Å²) < 4.78 is 6.77. The zero-order chi connectivity index (χ0) is 24.9. The first kappa shape index (κ1) is 24.2. The third kappa shape index (κ3) is 5.32. The SMILES string of the molecule is CCCCOc1ccc(/C(C#N)=C/c2cc3sc(N=Nc4ccc5c(c4)CCN5CC)nc3s2)cc1. The fourth-order valence-corrected chi connectivity index (χ4v) is 6.18. The molecule has 0 unspecified atom stereocenters. The van der Waals surface area contributed by atoms with Crippen LogP contribution < -0.4 is 9.64 Å². The van der Waals surface area contributed by atoms with Crippen molar-refractivity contribution >= 4 is 60.4 Å². The summed E-state index contributed by atoms with van der Waals surface area (Å²) in [5.74, 6) is 0.829. The van der Waals surface area contributed by atoms with Crippen molar-refractivity contribution in [2.45, 2.75) is 33.1 Å². The Kier molecular flexibility index (Phi) is 7.40. The molecular weight excluding hydrogens is 486 g/mol. The predicted molar refractivity (Wildman–Crippen MR) is 150 cm³/mol. The van der Waals surface area contributed by atoms with Gasteiger partial charge in [0.15, 0.2) is 0 Å². The van der Waals surface area contributed by atoms with Gasteiger partial charge in [-0.25, -0.2) is 4.98 Å². The number of hydrogen-bond donors (Lipinski definition) is 0. The molecule has 5 rings (SSSR count). The van der Waals surface area contributed by atoms with Crippen LogP contribution in [-0.4, -0.2) is 24.7 Å². The van der Waals surface area contributed by atoms with Gasteiger partial charge in [0, 0.05) is 23.7 Å². The number of benzene rings is 2. The molecular formula is C28H27N5OS2. The summed E-state index contributed by atoms with van der Waals surface area (Å²) in [6.45, 7) is 7.12. The van der Waals surface area contributed by atoms with Crippen LogP contribution in [0.15, 0.2) is 58.8 Å². The van der Waals surface area contributed by atoms with Gasteiger partial charge in [-0.1, -0.05) is 24.7 Å². The van der Waals surface area contributed by atoms with E-state index in [1.165, 1.54) is 22.6 Å². The smallest absolute Gasteiger partial charge is 0.231 e. The van der Waals surface area contributed by atoms with E-state index >= 15 is 0 Å². The maximum absolute atomic E-state index is 9.73. The number of nitriles is 1. The Morgan fingerprint density at radius 3 is 2.75 bits per heavy atom. The summed E-state index contributed by atoms with van der Waals surface area (Å²) in [5.41, 5.74) is 4.98. The lowest BCUT2D eigenvalue weighted by Gasteiger charge is -2.16. The Morgan fingerprint density at radius 1 is 1.14 bits per heavy atom. The lowest BCUT2D eigenvalue weighted by atomic mass is 10.1. The van der Waals surface area contributed by atoms with Gasteiger partial charge < -0.3 is 9.64 Å². The monoisotopic (exact) mass is 513 g/mol. The lowest BCUT2D eigenvalue weighted by molar-refractivity contribution is 0.309. The van der Waals surface area contributed by atoms with E-state index in [1.54, 1.807) is 11.3 Å². The van der Waals surface area contributed by atoms with E-state index in [-0.39, 0.29) is 0 Å². The highest BCUT2D eigenvalue weighted by Crippen LogP contribution is 2.37. The van der Waals surface area contributed by atoms with Crippen molar-refractivity contribution in [1.82, 2.24) is 4.98 Å². The average molecular weight is 514 g/mol. The van der Waals surface area contributed by atoms with Gasteiger partial charge in [-0.15, -0.1) is 21.6 Å². The minimum atomic E-state index is 0.613. The van der Waals surface area contributed by atoms with Crippen LogP contribution in [0.2, 0.25) is 0 Å². The van der Waals surface area contributed by atoms with Gasteiger partial charge >= 0.3 is 0 Å². The second-order valence-corrected chi connectivity index (χ2v) is 10.6. The molecule has 2 aromatic heterocycles.